The van der Waals surface area contributed by atoms with Crippen molar-refractivity contribution in [3.05, 3.63) is 23.8 Å². The van der Waals surface area contributed by atoms with E-state index in [2.05, 4.69) is 44.3 Å². The van der Waals surface area contributed by atoms with E-state index in [0.717, 1.165) is 30.0 Å². The Balaban J connectivity index is 2.88. The summed E-state index contributed by atoms with van der Waals surface area (Å²) in [5.41, 5.74) is 7.90. The minimum Gasteiger partial charge on any atom is -0.389 e. The van der Waals surface area contributed by atoms with Crippen molar-refractivity contribution in [1.82, 2.24) is 0 Å². The lowest BCUT2D eigenvalue weighted by Crippen LogP contribution is -2.15. The molecule has 0 atom stereocenters. The Bertz CT molecular complexity index is 403. The van der Waals surface area contributed by atoms with Gasteiger partial charge in [0.2, 0.25) is 0 Å². The summed E-state index contributed by atoms with van der Waals surface area (Å²) >= 11 is 6.95. The molecular weight excluding hydrogens is 260 g/mol. The van der Waals surface area contributed by atoms with Gasteiger partial charge in [0.1, 0.15) is 4.99 Å². The van der Waals surface area contributed by atoms with E-state index in [4.69, 9.17) is 18.0 Å². The van der Waals surface area contributed by atoms with Crippen LogP contribution in [0.5, 0.6) is 0 Å². The zero-order chi connectivity index (χ0) is 13.5. The van der Waals surface area contributed by atoms with Crippen LogP contribution in [-0.2, 0) is 0 Å². The molecule has 1 aromatic carbocycles. The zero-order valence-corrected chi connectivity index (χ0v) is 13.0. The summed E-state index contributed by atoms with van der Waals surface area (Å²) < 4.78 is 0. The molecular formula is C14H22N2S2. The van der Waals surface area contributed by atoms with Gasteiger partial charge in [0.25, 0.3) is 0 Å². The second kappa shape index (κ2) is 7.64. The second-order valence-corrected chi connectivity index (χ2v) is 6.33. The molecule has 0 heterocycles. The average Bonchev–Trinajstić information content (AvgIpc) is 2.28. The van der Waals surface area contributed by atoms with E-state index in [9.17, 15) is 0 Å². The van der Waals surface area contributed by atoms with Crippen LogP contribution < -0.4 is 11.1 Å². The molecule has 2 nitrogen and oxygen atoms in total. The number of nitrogens with two attached hydrogens (primary N) is 1. The third kappa shape index (κ3) is 4.50. The van der Waals surface area contributed by atoms with Crippen LogP contribution in [0.2, 0.25) is 0 Å². The molecule has 0 amide bonds. The van der Waals surface area contributed by atoms with Crippen LogP contribution in [0.25, 0.3) is 0 Å². The van der Waals surface area contributed by atoms with Gasteiger partial charge in [-0.25, -0.2) is 0 Å². The summed E-state index contributed by atoms with van der Waals surface area (Å²) in [5, 5.41) is 3.44. The number of thiocarbonyl (C=S) groups is 1. The van der Waals surface area contributed by atoms with Gasteiger partial charge < -0.3 is 11.1 Å². The number of benzene rings is 1. The molecule has 0 unspecified atom stereocenters. The highest BCUT2D eigenvalue weighted by Gasteiger charge is 2.10. The van der Waals surface area contributed by atoms with Crippen molar-refractivity contribution in [3.8, 4) is 0 Å². The highest BCUT2D eigenvalue weighted by Crippen LogP contribution is 2.28. The van der Waals surface area contributed by atoms with E-state index >= 15 is 0 Å². The predicted molar refractivity (Wildman–Crippen MR) is 86.7 cm³/mol. The van der Waals surface area contributed by atoms with Crippen molar-refractivity contribution in [3.63, 3.8) is 0 Å². The van der Waals surface area contributed by atoms with Crippen molar-refractivity contribution in [2.45, 2.75) is 32.1 Å². The summed E-state index contributed by atoms with van der Waals surface area (Å²) in [4.78, 5) is 1.64. The van der Waals surface area contributed by atoms with Gasteiger partial charge in [-0.3, -0.25) is 0 Å². The third-order valence-electron chi connectivity index (χ3n) is 2.61. The first-order chi connectivity index (χ1) is 8.56. The number of hydrogen-bond donors (Lipinski definition) is 2. The minimum atomic E-state index is 0.471. The van der Waals surface area contributed by atoms with Gasteiger partial charge in [0.15, 0.2) is 0 Å². The van der Waals surface area contributed by atoms with Gasteiger partial charge in [-0.05, 0) is 30.2 Å². The third-order valence-corrected chi connectivity index (χ3v) is 3.75. The molecule has 0 radical (unpaired) electrons. The Hall–Kier alpha value is -0.740. The molecule has 18 heavy (non-hydrogen) atoms. The van der Waals surface area contributed by atoms with Crippen LogP contribution in [0.15, 0.2) is 23.1 Å². The molecule has 0 aliphatic carbocycles. The fraction of sp³-hybridized carbons (Fsp3) is 0.500. The largest absolute Gasteiger partial charge is 0.389 e. The Kier molecular flexibility index (Phi) is 6.50. The van der Waals surface area contributed by atoms with E-state index in [1.54, 1.807) is 11.8 Å². The fourth-order valence-corrected chi connectivity index (χ4v) is 2.84. The average molecular weight is 282 g/mol. The van der Waals surface area contributed by atoms with Crippen molar-refractivity contribution in [1.29, 1.82) is 0 Å². The van der Waals surface area contributed by atoms with Gasteiger partial charge in [0, 0.05) is 22.7 Å². The van der Waals surface area contributed by atoms with Crippen LogP contribution in [0.3, 0.4) is 0 Å². The molecule has 1 aromatic rings. The van der Waals surface area contributed by atoms with E-state index in [0.29, 0.717) is 10.9 Å². The number of rotatable bonds is 7. The van der Waals surface area contributed by atoms with Gasteiger partial charge >= 0.3 is 0 Å². The lowest BCUT2D eigenvalue weighted by molar-refractivity contribution is 0.607. The fourth-order valence-electron chi connectivity index (χ4n) is 1.70. The number of nitrogens with one attached hydrogen (secondary N) is 1. The number of anilines is 1. The molecule has 0 spiro atoms. The van der Waals surface area contributed by atoms with E-state index in [1.807, 2.05) is 0 Å². The SMILES string of the molecule is CCSc1cccc(NCCC(C)C)c1C(N)=S. The summed E-state index contributed by atoms with van der Waals surface area (Å²) in [5.74, 6) is 1.71. The van der Waals surface area contributed by atoms with Crippen LogP contribution in [0.1, 0.15) is 32.8 Å². The summed E-state index contributed by atoms with van der Waals surface area (Å²) in [6, 6.07) is 6.18. The second-order valence-electron chi connectivity index (χ2n) is 4.59. The van der Waals surface area contributed by atoms with Crippen LogP contribution in [-0.4, -0.2) is 17.3 Å². The van der Waals surface area contributed by atoms with Crippen molar-refractivity contribution >= 4 is 34.7 Å². The monoisotopic (exact) mass is 282 g/mol. The lowest BCUT2D eigenvalue weighted by atomic mass is 10.1. The summed E-state index contributed by atoms with van der Waals surface area (Å²) in [6.45, 7) is 7.53. The van der Waals surface area contributed by atoms with Gasteiger partial charge in [-0.2, -0.15) is 0 Å². The predicted octanol–water partition coefficient (Wildman–Crippen LogP) is 3.89. The number of thioether (sulfide) groups is 1. The topological polar surface area (TPSA) is 38.0 Å². The van der Waals surface area contributed by atoms with Crippen molar-refractivity contribution in [2.24, 2.45) is 11.7 Å². The van der Waals surface area contributed by atoms with Crippen LogP contribution >= 0.6 is 24.0 Å². The quantitative estimate of drug-likeness (QED) is 0.588. The van der Waals surface area contributed by atoms with Crippen molar-refractivity contribution in [2.75, 3.05) is 17.6 Å². The lowest BCUT2D eigenvalue weighted by Gasteiger charge is -2.15. The molecule has 0 saturated heterocycles. The number of hydrogen-bond acceptors (Lipinski definition) is 3. The summed E-state index contributed by atoms with van der Waals surface area (Å²) in [7, 11) is 0. The molecule has 0 saturated carbocycles. The molecule has 0 fully saturated rings. The maximum atomic E-state index is 5.86. The first kappa shape index (κ1) is 15.3. The molecule has 1 rings (SSSR count). The molecule has 0 aliphatic rings. The minimum absolute atomic E-state index is 0.471. The Morgan fingerprint density at radius 1 is 1.44 bits per heavy atom. The van der Waals surface area contributed by atoms with E-state index in [-0.39, 0.29) is 0 Å². The standard InChI is InChI=1S/C14H22N2S2/c1-4-18-12-7-5-6-11(13(12)14(15)17)16-9-8-10(2)3/h5-7,10,16H,4,8-9H2,1-3H3,(H2,15,17). The normalized spacial score (nSPS) is 10.7. The van der Waals surface area contributed by atoms with E-state index in [1.165, 1.54) is 4.90 Å². The first-order valence-electron chi connectivity index (χ1n) is 6.35. The molecule has 3 N–H and O–H groups in total. The Morgan fingerprint density at radius 3 is 2.72 bits per heavy atom. The van der Waals surface area contributed by atoms with Gasteiger partial charge in [-0.1, -0.05) is 39.1 Å². The Morgan fingerprint density at radius 2 is 2.17 bits per heavy atom. The molecule has 0 bridgehead atoms. The van der Waals surface area contributed by atoms with Crippen LogP contribution in [0.4, 0.5) is 5.69 Å². The molecule has 0 aromatic heterocycles. The molecule has 4 heteroatoms. The summed E-state index contributed by atoms with van der Waals surface area (Å²) in [6.07, 6.45) is 1.14. The molecule has 0 aliphatic heterocycles. The first-order valence-corrected chi connectivity index (χ1v) is 7.75. The smallest absolute Gasteiger partial charge is 0.107 e. The maximum Gasteiger partial charge on any atom is 0.107 e. The van der Waals surface area contributed by atoms with E-state index < -0.39 is 0 Å². The zero-order valence-electron chi connectivity index (χ0n) is 11.3. The molecule has 100 valence electrons. The highest BCUT2D eigenvalue weighted by atomic mass is 32.2. The highest BCUT2D eigenvalue weighted by molar-refractivity contribution is 7.99. The van der Waals surface area contributed by atoms with Gasteiger partial charge in [-0.15, -0.1) is 11.8 Å². The van der Waals surface area contributed by atoms with Crippen molar-refractivity contribution < 1.29 is 0 Å². The maximum absolute atomic E-state index is 5.86. The Labute approximate surface area is 120 Å². The van der Waals surface area contributed by atoms with Crippen LogP contribution in [0, 0.1) is 5.92 Å². The van der Waals surface area contributed by atoms with Gasteiger partial charge in [0.05, 0.1) is 0 Å².